The molecule has 8 aromatic carbocycles. The minimum Gasteiger partial charge on any atom is -0.481 e. The van der Waals surface area contributed by atoms with E-state index in [0.717, 1.165) is 38.4 Å². The highest BCUT2D eigenvalue weighted by Crippen LogP contribution is 2.60. The third-order valence-corrected chi connectivity index (χ3v) is 13.4. The molecule has 0 unspecified atom stereocenters. The summed E-state index contributed by atoms with van der Waals surface area (Å²) in [5.74, 6) is -8.30. The van der Waals surface area contributed by atoms with Crippen LogP contribution in [0.25, 0.3) is 32.7 Å². The Morgan fingerprint density at radius 3 is 1.28 bits per heavy atom. The molecule has 0 aromatic heterocycles. The molecular weight excluding hydrogens is 801 g/mol. The van der Waals surface area contributed by atoms with Crippen LogP contribution < -0.4 is 9.47 Å². The van der Waals surface area contributed by atoms with Crippen molar-refractivity contribution in [3.63, 3.8) is 0 Å². The summed E-state index contributed by atoms with van der Waals surface area (Å²) in [5.41, 5.74) is 4.35. The molecule has 10 rings (SSSR count). The van der Waals surface area contributed by atoms with Crippen LogP contribution in [0.15, 0.2) is 194 Å². The lowest BCUT2D eigenvalue weighted by Crippen LogP contribution is -2.52. The van der Waals surface area contributed by atoms with Crippen LogP contribution in [0.1, 0.15) is 45.9 Å². The Labute approximate surface area is 369 Å². The quantitative estimate of drug-likeness (QED) is 0.0973. The lowest BCUT2D eigenvalue weighted by molar-refractivity contribution is -0.160. The van der Waals surface area contributed by atoms with Gasteiger partial charge in [0.15, 0.2) is 0 Å². The first-order valence-corrected chi connectivity index (χ1v) is 21.4. The lowest BCUT2D eigenvalue weighted by Gasteiger charge is -2.49. The average molecular weight is 843 g/mol. The van der Waals surface area contributed by atoms with Crippen LogP contribution in [-0.2, 0) is 19.2 Å². The minimum atomic E-state index is -1.01. The molecule has 314 valence electrons. The number of hydrogen-bond acceptors (Lipinski definition) is 6. The van der Waals surface area contributed by atoms with Gasteiger partial charge in [-0.3, -0.25) is 19.2 Å². The highest BCUT2D eigenvalue weighted by atomic mass is 16.5. The lowest BCUT2D eigenvalue weighted by atomic mass is 9.52. The monoisotopic (exact) mass is 842 g/mol. The van der Waals surface area contributed by atoms with E-state index in [4.69, 9.17) is 9.47 Å². The van der Waals surface area contributed by atoms with Crippen molar-refractivity contribution in [2.75, 3.05) is 0 Å². The molecule has 0 saturated heterocycles. The van der Waals surface area contributed by atoms with Gasteiger partial charge in [-0.15, -0.1) is 0 Å². The maximum atomic E-state index is 14.6. The van der Waals surface area contributed by atoms with Crippen molar-refractivity contribution in [3.05, 3.63) is 216 Å². The summed E-state index contributed by atoms with van der Waals surface area (Å²) in [6, 6.07) is 59.9. The van der Waals surface area contributed by atoms with Gasteiger partial charge < -0.3 is 19.7 Å². The Morgan fingerprint density at radius 2 is 0.750 bits per heavy atom. The number of carbonyl (C=O) groups is 4. The Kier molecular flexibility index (Phi) is 10.6. The normalized spacial score (nSPS) is 22.4. The predicted molar refractivity (Wildman–Crippen MR) is 244 cm³/mol. The number of ether oxygens (including phenoxy) is 2. The van der Waals surface area contributed by atoms with E-state index in [1.807, 2.05) is 182 Å². The first-order valence-electron chi connectivity index (χ1n) is 21.4. The van der Waals surface area contributed by atoms with Crippen molar-refractivity contribution in [1.29, 1.82) is 0 Å². The molecule has 2 N–H and O–H groups in total. The van der Waals surface area contributed by atoms with Gasteiger partial charge in [0.1, 0.15) is 11.5 Å². The van der Waals surface area contributed by atoms with Crippen molar-refractivity contribution in [2.24, 2.45) is 23.7 Å². The van der Waals surface area contributed by atoms with Crippen LogP contribution >= 0.6 is 0 Å². The predicted octanol–water partition coefficient (Wildman–Crippen LogP) is 11.3. The molecule has 64 heavy (non-hydrogen) atoms. The largest absolute Gasteiger partial charge is 0.481 e. The third kappa shape index (κ3) is 7.16. The average Bonchev–Trinajstić information content (AvgIpc) is 3.29. The number of fused-ring (bicyclic) bond motifs is 2. The number of carbonyl (C=O) groups excluding carboxylic acids is 2. The number of rotatable bonds is 11. The molecule has 8 nitrogen and oxygen atoms in total. The van der Waals surface area contributed by atoms with Gasteiger partial charge in [-0.1, -0.05) is 176 Å². The molecule has 0 bridgehead atoms. The number of aliphatic carboxylic acids is 2. The van der Waals surface area contributed by atoms with Crippen LogP contribution in [0.5, 0.6) is 11.5 Å². The van der Waals surface area contributed by atoms with Crippen molar-refractivity contribution >= 4 is 45.4 Å². The number of esters is 2. The van der Waals surface area contributed by atoms with Gasteiger partial charge in [0.05, 0.1) is 23.7 Å². The second kappa shape index (κ2) is 16.8. The fourth-order valence-corrected chi connectivity index (χ4v) is 10.5. The standard InChI is InChI=1S/C56H42O8/c57-53(58)49-45(34-17-4-1-5-18-34)51(46(49)35-19-6-2-7-20-35)56(62)64-44-32-40(31-38-23-11-13-28-42(38)44)37-25-14-26-39(30-37)48-50(54(59)60)47(36-21-8-3-9-22-36)52(48)55(61)63-43-29-15-24-33-16-10-12-27-41(33)43/h1-32,45-52H,(H,57,58)(H,59,60)/t45-,46-,47+,48+,49?,50-,51?,52-/m1/s1. The summed E-state index contributed by atoms with van der Waals surface area (Å²) in [4.78, 5) is 55.3. The van der Waals surface area contributed by atoms with Crippen LogP contribution in [0, 0.1) is 23.7 Å². The molecule has 2 aliphatic rings. The Balaban J connectivity index is 1.02. The zero-order chi connectivity index (χ0) is 43.9. The highest BCUT2D eigenvalue weighted by molar-refractivity contribution is 5.96. The van der Waals surface area contributed by atoms with Gasteiger partial charge in [-0.05, 0) is 62.4 Å². The van der Waals surface area contributed by atoms with E-state index in [1.165, 1.54) is 0 Å². The van der Waals surface area contributed by atoms with Gasteiger partial charge in [-0.25, -0.2) is 0 Å². The van der Waals surface area contributed by atoms with Crippen LogP contribution in [0.4, 0.5) is 0 Å². The molecule has 0 radical (unpaired) electrons. The maximum Gasteiger partial charge on any atom is 0.315 e. The van der Waals surface area contributed by atoms with Gasteiger partial charge >= 0.3 is 23.9 Å². The molecule has 8 aromatic rings. The topological polar surface area (TPSA) is 127 Å². The Morgan fingerprint density at radius 1 is 0.344 bits per heavy atom. The van der Waals surface area contributed by atoms with Gasteiger partial charge in [0, 0.05) is 34.4 Å². The first kappa shape index (κ1) is 40.2. The van der Waals surface area contributed by atoms with Crippen LogP contribution in [-0.4, -0.2) is 34.1 Å². The molecule has 2 saturated carbocycles. The maximum absolute atomic E-state index is 14.6. The fourth-order valence-electron chi connectivity index (χ4n) is 10.5. The summed E-state index contributed by atoms with van der Waals surface area (Å²) < 4.78 is 12.6. The van der Waals surface area contributed by atoms with E-state index in [0.29, 0.717) is 28.0 Å². The first-order chi connectivity index (χ1) is 31.3. The van der Waals surface area contributed by atoms with E-state index >= 15 is 0 Å². The highest BCUT2D eigenvalue weighted by Gasteiger charge is 2.60. The summed E-state index contributed by atoms with van der Waals surface area (Å²) >= 11 is 0. The van der Waals surface area contributed by atoms with E-state index in [1.54, 1.807) is 12.1 Å². The Hall–Kier alpha value is -7.84. The second-order valence-corrected chi connectivity index (χ2v) is 16.8. The summed E-state index contributed by atoms with van der Waals surface area (Å²) in [6.07, 6.45) is 0. The number of carboxylic acids is 2. The molecule has 0 amide bonds. The second-order valence-electron chi connectivity index (χ2n) is 16.8. The van der Waals surface area contributed by atoms with Gasteiger partial charge in [-0.2, -0.15) is 0 Å². The number of carboxylic acid groups (broad SMARTS) is 2. The van der Waals surface area contributed by atoms with Crippen LogP contribution in [0.3, 0.4) is 0 Å². The molecule has 8 heteroatoms. The summed E-state index contributed by atoms with van der Waals surface area (Å²) in [7, 11) is 0. The van der Waals surface area contributed by atoms with E-state index < -0.39 is 71.2 Å². The smallest absolute Gasteiger partial charge is 0.315 e. The van der Waals surface area contributed by atoms with E-state index in [-0.39, 0.29) is 0 Å². The van der Waals surface area contributed by atoms with Crippen molar-refractivity contribution in [1.82, 2.24) is 0 Å². The molecule has 2 fully saturated rings. The fraction of sp³-hybridized carbons (Fsp3) is 0.143. The molecule has 6 atom stereocenters. The summed E-state index contributed by atoms with van der Waals surface area (Å²) in [6.45, 7) is 0. The zero-order valence-corrected chi connectivity index (χ0v) is 34.4. The number of benzene rings is 8. The van der Waals surface area contributed by atoms with Crippen molar-refractivity contribution < 1.29 is 38.9 Å². The van der Waals surface area contributed by atoms with E-state index in [9.17, 15) is 29.4 Å². The summed E-state index contributed by atoms with van der Waals surface area (Å²) in [5, 5.41) is 24.5. The van der Waals surface area contributed by atoms with Gasteiger partial charge in [0.25, 0.3) is 0 Å². The van der Waals surface area contributed by atoms with Gasteiger partial charge in [0.2, 0.25) is 0 Å². The van der Waals surface area contributed by atoms with Crippen LogP contribution in [0.2, 0.25) is 0 Å². The molecule has 2 aliphatic carbocycles. The number of hydrogen-bond donors (Lipinski definition) is 2. The SMILES string of the molecule is O=C(O)C1[C@@H](c2ccccc2)C(C(=O)Oc2cc(-c3cccc([C@H]4[C@H](C(=O)O)[C@H](c5ccccc5)[C@H]4C(=O)Oc4cccc5ccccc45)c3)cc3ccccc23)[C@@H]1c1ccccc1. The van der Waals surface area contributed by atoms with E-state index in [2.05, 4.69) is 0 Å². The zero-order valence-electron chi connectivity index (χ0n) is 34.4. The molecule has 0 aliphatic heterocycles. The van der Waals surface area contributed by atoms with Crippen molar-refractivity contribution in [3.8, 4) is 22.6 Å². The third-order valence-electron chi connectivity index (χ3n) is 13.4. The van der Waals surface area contributed by atoms with Crippen molar-refractivity contribution in [2.45, 2.75) is 23.7 Å². The minimum absolute atomic E-state index is 0.314. The Bertz CT molecular complexity index is 3000. The molecule has 0 spiro atoms. The molecular formula is C56H42O8. The molecule has 0 heterocycles.